The number of likely N-dealkylation sites (tertiary alicyclic amines) is 1. The number of amides is 2. The minimum absolute atomic E-state index is 0.0168. The highest BCUT2D eigenvalue weighted by molar-refractivity contribution is 6.31. The molecule has 4 rings (SSSR count). The molecular formula is C26H30ClF3N4O2. The van der Waals surface area contributed by atoms with Gasteiger partial charge in [-0.2, -0.15) is 13.2 Å². The molecular weight excluding hydrogens is 493 g/mol. The fraction of sp³-hybridized carbons (Fsp3) is 0.462. The highest BCUT2D eigenvalue weighted by Gasteiger charge is 2.32. The van der Waals surface area contributed by atoms with Gasteiger partial charge in [-0.15, -0.1) is 0 Å². The van der Waals surface area contributed by atoms with Crippen molar-refractivity contribution in [3.8, 4) is 0 Å². The topological polar surface area (TPSA) is 64.7 Å². The largest absolute Gasteiger partial charge is 0.416 e. The van der Waals surface area contributed by atoms with Gasteiger partial charge in [0.15, 0.2) is 0 Å². The number of hydrogen-bond donors (Lipinski definition) is 2. The van der Waals surface area contributed by atoms with E-state index in [1.54, 1.807) is 0 Å². The van der Waals surface area contributed by atoms with Crippen LogP contribution in [0.2, 0.25) is 5.02 Å². The molecule has 2 saturated heterocycles. The number of hydrogen-bond acceptors (Lipinski definition) is 4. The fourth-order valence-corrected chi connectivity index (χ4v) is 5.06. The van der Waals surface area contributed by atoms with Crippen LogP contribution in [0, 0.1) is 6.92 Å². The normalized spacial score (nSPS) is 19.4. The molecule has 0 bridgehead atoms. The third-order valence-corrected chi connectivity index (χ3v) is 7.36. The van der Waals surface area contributed by atoms with Crippen molar-refractivity contribution in [2.24, 2.45) is 0 Å². The molecule has 2 fully saturated rings. The van der Waals surface area contributed by atoms with Gasteiger partial charge in [0.25, 0.3) is 5.91 Å². The number of nitrogens with one attached hydrogen (secondary N) is 2. The smallest absolute Gasteiger partial charge is 0.371 e. The number of piperidine rings is 1. The van der Waals surface area contributed by atoms with Crippen molar-refractivity contribution in [2.75, 3.05) is 37.6 Å². The Balaban J connectivity index is 1.20. The highest BCUT2D eigenvalue weighted by Crippen LogP contribution is 2.30. The summed E-state index contributed by atoms with van der Waals surface area (Å²) in [5.41, 5.74) is 1.17. The molecule has 0 aliphatic carbocycles. The van der Waals surface area contributed by atoms with Crippen LogP contribution in [0.4, 0.5) is 18.9 Å². The summed E-state index contributed by atoms with van der Waals surface area (Å²) in [5.74, 6) is -1.07. The van der Waals surface area contributed by atoms with Gasteiger partial charge < -0.3 is 15.5 Å². The molecule has 0 aromatic heterocycles. The van der Waals surface area contributed by atoms with E-state index in [4.69, 9.17) is 11.6 Å². The maximum atomic E-state index is 12.9. The van der Waals surface area contributed by atoms with Crippen LogP contribution in [0.25, 0.3) is 0 Å². The van der Waals surface area contributed by atoms with Crippen molar-refractivity contribution in [1.29, 1.82) is 0 Å². The van der Waals surface area contributed by atoms with Crippen LogP contribution in [-0.4, -0.2) is 61.5 Å². The summed E-state index contributed by atoms with van der Waals surface area (Å²) in [6.07, 6.45) is -1.66. The first-order chi connectivity index (χ1) is 17.1. The second kappa shape index (κ2) is 11.1. The molecule has 1 unspecified atom stereocenters. The summed E-state index contributed by atoms with van der Waals surface area (Å²) in [6.45, 7) is 5.23. The quantitative estimate of drug-likeness (QED) is 0.595. The van der Waals surface area contributed by atoms with Crippen LogP contribution < -0.4 is 15.5 Å². The molecule has 2 aromatic carbocycles. The van der Waals surface area contributed by atoms with Crippen LogP contribution >= 0.6 is 11.6 Å². The minimum Gasteiger partial charge on any atom is -0.371 e. The Hall–Kier alpha value is -2.78. The number of aryl methyl sites for hydroxylation is 1. The van der Waals surface area contributed by atoms with Crippen molar-refractivity contribution in [3.63, 3.8) is 0 Å². The summed E-state index contributed by atoms with van der Waals surface area (Å²) >= 11 is 6.28. The van der Waals surface area contributed by atoms with Crippen LogP contribution in [0.3, 0.4) is 0 Å². The molecule has 0 radical (unpaired) electrons. The summed E-state index contributed by atoms with van der Waals surface area (Å²) in [4.78, 5) is 29.3. The predicted octanol–water partition coefficient (Wildman–Crippen LogP) is 4.26. The maximum absolute atomic E-state index is 12.9. The SMILES string of the molecule is Cc1ccc(N2CCC(N3CCC(NC(=O)CNC(=O)c4cccc(C(F)(F)F)c4)C3)CC2)cc1Cl. The van der Waals surface area contributed by atoms with Crippen molar-refractivity contribution in [3.05, 3.63) is 64.2 Å². The van der Waals surface area contributed by atoms with E-state index in [1.807, 2.05) is 19.1 Å². The molecule has 2 amide bonds. The number of nitrogens with zero attached hydrogens (tertiary/aromatic N) is 2. The lowest BCUT2D eigenvalue weighted by molar-refractivity contribution is -0.137. The zero-order valence-electron chi connectivity index (χ0n) is 20.1. The first-order valence-corrected chi connectivity index (χ1v) is 12.5. The zero-order valence-corrected chi connectivity index (χ0v) is 20.8. The van der Waals surface area contributed by atoms with Crippen molar-refractivity contribution in [2.45, 2.75) is 44.4 Å². The number of carbonyl (C=O) groups is 2. The molecule has 194 valence electrons. The molecule has 6 nitrogen and oxygen atoms in total. The van der Waals surface area contributed by atoms with Gasteiger partial charge in [-0.05, 0) is 62.1 Å². The lowest BCUT2D eigenvalue weighted by Gasteiger charge is -2.38. The Labute approximate surface area is 213 Å². The van der Waals surface area contributed by atoms with Gasteiger partial charge in [-0.25, -0.2) is 0 Å². The number of rotatable bonds is 6. The summed E-state index contributed by atoms with van der Waals surface area (Å²) in [6, 6.07) is 10.7. The predicted molar refractivity (Wildman–Crippen MR) is 133 cm³/mol. The van der Waals surface area contributed by atoms with Crippen molar-refractivity contribution < 1.29 is 22.8 Å². The van der Waals surface area contributed by atoms with E-state index in [0.717, 1.165) is 73.8 Å². The Kier molecular flexibility index (Phi) is 8.10. The van der Waals surface area contributed by atoms with Gasteiger partial charge in [0, 0.05) is 54.5 Å². The molecule has 10 heteroatoms. The molecule has 1 atom stereocenters. The van der Waals surface area contributed by atoms with Gasteiger partial charge in [-0.3, -0.25) is 14.5 Å². The Bertz CT molecular complexity index is 1100. The third-order valence-electron chi connectivity index (χ3n) is 6.95. The number of alkyl halides is 3. The second-order valence-electron chi connectivity index (χ2n) is 9.46. The number of anilines is 1. The molecule has 2 aromatic rings. The molecule has 2 aliphatic rings. The lowest BCUT2D eigenvalue weighted by atomic mass is 10.0. The Morgan fingerprint density at radius 3 is 2.50 bits per heavy atom. The van der Waals surface area contributed by atoms with Crippen LogP contribution in [0.15, 0.2) is 42.5 Å². The highest BCUT2D eigenvalue weighted by atomic mass is 35.5. The van der Waals surface area contributed by atoms with E-state index in [9.17, 15) is 22.8 Å². The Morgan fingerprint density at radius 1 is 1.06 bits per heavy atom. The number of halogens is 4. The molecule has 0 saturated carbocycles. The molecule has 0 spiro atoms. The third kappa shape index (κ3) is 6.50. The number of benzene rings is 2. The summed E-state index contributed by atoms with van der Waals surface area (Å²) in [7, 11) is 0. The van der Waals surface area contributed by atoms with E-state index in [1.165, 1.54) is 12.1 Å². The zero-order chi connectivity index (χ0) is 25.9. The molecule has 36 heavy (non-hydrogen) atoms. The monoisotopic (exact) mass is 522 g/mol. The second-order valence-corrected chi connectivity index (χ2v) is 9.87. The van der Waals surface area contributed by atoms with Crippen molar-refractivity contribution >= 4 is 29.1 Å². The first kappa shape index (κ1) is 26.3. The van der Waals surface area contributed by atoms with E-state index < -0.39 is 17.6 Å². The fourth-order valence-electron chi connectivity index (χ4n) is 4.88. The minimum atomic E-state index is -4.53. The van der Waals surface area contributed by atoms with Gasteiger partial charge in [-0.1, -0.05) is 23.7 Å². The Morgan fingerprint density at radius 2 is 1.81 bits per heavy atom. The lowest BCUT2D eigenvalue weighted by Crippen LogP contribution is -2.46. The van der Waals surface area contributed by atoms with Crippen LogP contribution in [0.1, 0.15) is 40.7 Å². The van der Waals surface area contributed by atoms with E-state index in [-0.39, 0.29) is 24.1 Å². The summed E-state index contributed by atoms with van der Waals surface area (Å²) in [5, 5.41) is 6.12. The van der Waals surface area contributed by atoms with E-state index >= 15 is 0 Å². The van der Waals surface area contributed by atoms with Gasteiger partial charge in [0.2, 0.25) is 5.91 Å². The summed E-state index contributed by atoms with van der Waals surface area (Å²) < 4.78 is 38.6. The standard InChI is InChI=1S/C26H30ClF3N4O2/c1-17-5-6-22(14-23(17)27)33-11-8-21(9-12-33)34-10-7-20(16-34)32-24(35)15-31-25(36)18-3-2-4-19(13-18)26(28,29)30/h2-6,13-14,20-21H,7-12,15-16H2,1H3,(H,31,36)(H,32,35). The van der Waals surface area contributed by atoms with Gasteiger partial charge >= 0.3 is 6.18 Å². The van der Waals surface area contributed by atoms with Crippen LogP contribution in [0.5, 0.6) is 0 Å². The maximum Gasteiger partial charge on any atom is 0.416 e. The van der Waals surface area contributed by atoms with Gasteiger partial charge in [0.05, 0.1) is 12.1 Å². The average molecular weight is 523 g/mol. The molecule has 2 aliphatic heterocycles. The number of carbonyl (C=O) groups excluding carboxylic acids is 2. The van der Waals surface area contributed by atoms with Gasteiger partial charge in [0.1, 0.15) is 0 Å². The van der Waals surface area contributed by atoms with E-state index in [2.05, 4.69) is 26.5 Å². The van der Waals surface area contributed by atoms with Crippen LogP contribution in [-0.2, 0) is 11.0 Å². The molecule has 2 N–H and O–H groups in total. The van der Waals surface area contributed by atoms with E-state index in [0.29, 0.717) is 6.04 Å². The first-order valence-electron chi connectivity index (χ1n) is 12.1. The average Bonchev–Trinajstić information content (AvgIpc) is 3.32. The van der Waals surface area contributed by atoms with Crippen molar-refractivity contribution in [1.82, 2.24) is 15.5 Å². The molecule has 2 heterocycles.